The van der Waals surface area contributed by atoms with Crippen molar-refractivity contribution in [3.8, 4) is 11.3 Å². The summed E-state index contributed by atoms with van der Waals surface area (Å²) in [5, 5.41) is 4.38. The molecule has 0 N–H and O–H groups in total. The Balaban J connectivity index is 2.16. The molecule has 0 saturated carbocycles. The maximum Gasteiger partial charge on any atom is 0.163 e. The van der Waals surface area contributed by atoms with Crippen molar-refractivity contribution < 1.29 is 4.52 Å². The molecule has 0 unspecified atom stereocenters. The summed E-state index contributed by atoms with van der Waals surface area (Å²) in [6.07, 6.45) is 8.93. The lowest BCUT2D eigenvalue weighted by molar-refractivity contribution is 0.413. The third-order valence-corrected chi connectivity index (χ3v) is 4.05. The summed E-state index contributed by atoms with van der Waals surface area (Å²) < 4.78 is 5.58. The first-order valence-electron chi connectivity index (χ1n) is 7.40. The number of nitrogens with zero attached hydrogens (tertiary/aromatic N) is 1. The van der Waals surface area contributed by atoms with E-state index in [0.29, 0.717) is 0 Å². The topological polar surface area (TPSA) is 26.0 Å². The lowest BCUT2D eigenvalue weighted by Crippen LogP contribution is -1.96. The van der Waals surface area contributed by atoms with Gasteiger partial charge in [0.25, 0.3) is 0 Å². The van der Waals surface area contributed by atoms with E-state index in [2.05, 4.69) is 50.2 Å². The van der Waals surface area contributed by atoms with Crippen LogP contribution in [-0.4, -0.2) is 5.16 Å². The van der Waals surface area contributed by atoms with Crippen LogP contribution in [0.2, 0.25) is 0 Å². The van der Waals surface area contributed by atoms with Gasteiger partial charge in [0.15, 0.2) is 5.76 Å². The third-order valence-electron chi connectivity index (χ3n) is 4.05. The monoisotopic (exact) mass is 267 g/mol. The van der Waals surface area contributed by atoms with Crippen LogP contribution in [0.15, 0.2) is 22.7 Å². The number of hydrogen-bond acceptors (Lipinski definition) is 2. The molecular formula is C18H21NO. The molecule has 2 heteroatoms. The molecule has 2 aromatic rings. The highest BCUT2D eigenvalue weighted by molar-refractivity contribution is 5.73. The van der Waals surface area contributed by atoms with Gasteiger partial charge in [-0.2, -0.15) is 0 Å². The Morgan fingerprint density at radius 1 is 1.05 bits per heavy atom. The highest BCUT2D eigenvalue weighted by Crippen LogP contribution is 2.34. The first kappa shape index (κ1) is 13.2. The molecule has 0 bridgehead atoms. The summed E-state index contributed by atoms with van der Waals surface area (Å²) in [7, 11) is 0. The first-order chi connectivity index (χ1) is 9.66. The highest BCUT2D eigenvalue weighted by Gasteiger charge is 2.19. The average molecular weight is 267 g/mol. The fraction of sp³-hybridized carbons (Fsp3) is 0.389. The van der Waals surface area contributed by atoms with E-state index in [4.69, 9.17) is 4.52 Å². The molecular weight excluding hydrogens is 246 g/mol. The standard InChI is InChI=1S/C18H21NO/c1-12-10-13(2)17(14(3)11-12)18-15-8-6-4-5-7-9-16(15)20-19-18/h7,9-11H,4-6,8H2,1-3H3/b9-7+. The number of fused-ring (bicyclic) bond motifs is 1. The molecule has 1 aliphatic rings. The number of hydrogen-bond donors (Lipinski definition) is 0. The Kier molecular flexibility index (Phi) is 3.47. The fourth-order valence-corrected chi connectivity index (χ4v) is 3.20. The molecule has 0 radical (unpaired) electrons. The van der Waals surface area contributed by atoms with Crippen LogP contribution in [0.4, 0.5) is 0 Å². The second kappa shape index (κ2) is 5.28. The smallest absolute Gasteiger partial charge is 0.163 e. The van der Waals surface area contributed by atoms with Crippen LogP contribution in [0.5, 0.6) is 0 Å². The Hall–Kier alpha value is -1.83. The van der Waals surface area contributed by atoms with Crippen LogP contribution in [-0.2, 0) is 6.42 Å². The van der Waals surface area contributed by atoms with Gasteiger partial charge in [0.05, 0.1) is 0 Å². The van der Waals surface area contributed by atoms with E-state index < -0.39 is 0 Å². The van der Waals surface area contributed by atoms with Gasteiger partial charge in [-0.1, -0.05) is 28.9 Å². The Bertz CT molecular complexity index is 641. The van der Waals surface area contributed by atoms with Crippen molar-refractivity contribution in [1.29, 1.82) is 0 Å². The SMILES string of the molecule is Cc1cc(C)c(-c2noc3c2CCCC/C=C/3)c(C)c1. The Labute approximate surface area is 120 Å². The van der Waals surface area contributed by atoms with E-state index in [1.54, 1.807) is 0 Å². The minimum Gasteiger partial charge on any atom is -0.356 e. The van der Waals surface area contributed by atoms with E-state index in [1.165, 1.54) is 40.7 Å². The maximum atomic E-state index is 5.58. The van der Waals surface area contributed by atoms with Crippen LogP contribution < -0.4 is 0 Å². The lowest BCUT2D eigenvalue weighted by Gasteiger charge is -2.11. The predicted octanol–water partition coefficient (Wildman–Crippen LogP) is 5.01. The molecule has 0 fully saturated rings. The molecule has 1 heterocycles. The second-order valence-electron chi connectivity index (χ2n) is 5.80. The van der Waals surface area contributed by atoms with Crippen molar-refractivity contribution in [1.82, 2.24) is 5.16 Å². The predicted molar refractivity (Wildman–Crippen MR) is 82.7 cm³/mol. The Morgan fingerprint density at radius 2 is 1.80 bits per heavy atom. The first-order valence-corrected chi connectivity index (χ1v) is 7.40. The van der Waals surface area contributed by atoms with E-state index in [-0.39, 0.29) is 0 Å². The van der Waals surface area contributed by atoms with Gasteiger partial charge in [-0.3, -0.25) is 0 Å². The maximum absolute atomic E-state index is 5.58. The van der Waals surface area contributed by atoms with Crippen molar-refractivity contribution in [2.24, 2.45) is 0 Å². The Morgan fingerprint density at radius 3 is 2.55 bits per heavy atom. The zero-order valence-electron chi connectivity index (χ0n) is 12.5. The molecule has 0 spiro atoms. The number of aromatic nitrogens is 1. The number of rotatable bonds is 1. The average Bonchev–Trinajstić information content (AvgIpc) is 2.70. The van der Waals surface area contributed by atoms with Gasteiger partial charge in [0.2, 0.25) is 0 Å². The van der Waals surface area contributed by atoms with Crippen molar-refractivity contribution >= 4 is 6.08 Å². The largest absolute Gasteiger partial charge is 0.356 e. The van der Waals surface area contributed by atoms with Crippen molar-refractivity contribution in [2.45, 2.75) is 46.5 Å². The van der Waals surface area contributed by atoms with Crippen LogP contribution in [0, 0.1) is 20.8 Å². The van der Waals surface area contributed by atoms with E-state index in [1.807, 2.05) is 0 Å². The van der Waals surface area contributed by atoms with Gasteiger partial charge in [-0.15, -0.1) is 0 Å². The summed E-state index contributed by atoms with van der Waals surface area (Å²) in [5.74, 6) is 0.944. The third kappa shape index (κ3) is 2.31. The molecule has 20 heavy (non-hydrogen) atoms. The van der Waals surface area contributed by atoms with Crippen LogP contribution >= 0.6 is 0 Å². The minimum atomic E-state index is 0.944. The molecule has 0 saturated heterocycles. The van der Waals surface area contributed by atoms with Gasteiger partial charge in [-0.25, -0.2) is 0 Å². The molecule has 104 valence electrons. The van der Waals surface area contributed by atoms with Crippen molar-refractivity contribution in [3.05, 3.63) is 46.2 Å². The molecule has 1 aromatic heterocycles. The number of allylic oxidation sites excluding steroid dienone is 1. The van der Waals surface area contributed by atoms with Crippen LogP contribution in [0.25, 0.3) is 17.3 Å². The number of aryl methyl sites for hydroxylation is 3. The molecule has 0 aliphatic heterocycles. The van der Waals surface area contributed by atoms with E-state index >= 15 is 0 Å². The second-order valence-corrected chi connectivity index (χ2v) is 5.80. The summed E-state index contributed by atoms with van der Waals surface area (Å²) in [6.45, 7) is 6.46. The number of benzene rings is 1. The van der Waals surface area contributed by atoms with Gasteiger partial charge in [0.1, 0.15) is 5.69 Å². The zero-order valence-corrected chi connectivity index (χ0v) is 12.5. The summed E-state index contributed by atoms with van der Waals surface area (Å²) in [5.41, 5.74) is 7.43. The molecule has 2 nitrogen and oxygen atoms in total. The molecule has 0 amide bonds. The van der Waals surface area contributed by atoms with E-state index in [9.17, 15) is 0 Å². The summed E-state index contributed by atoms with van der Waals surface area (Å²) in [4.78, 5) is 0. The van der Waals surface area contributed by atoms with Crippen molar-refractivity contribution in [3.63, 3.8) is 0 Å². The summed E-state index contributed by atoms with van der Waals surface area (Å²) in [6, 6.07) is 4.45. The van der Waals surface area contributed by atoms with Crippen LogP contribution in [0.3, 0.4) is 0 Å². The van der Waals surface area contributed by atoms with Gasteiger partial charge in [-0.05, 0) is 63.7 Å². The summed E-state index contributed by atoms with van der Waals surface area (Å²) >= 11 is 0. The quantitative estimate of drug-likeness (QED) is 0.726. The van der Waals surface area contributed by atoms with Gasteiger partial charge >= 0.3 is 0 Å². The van der Waals surface area contributed by atoms with Crippen LogP contribution in [0.1, 0.15) is 47.3 Å². The highest BCUT2D eigenvalue weighted by atomic mass is 16.5. The fourth-order valence-electron chi connectivity index (χ4n) is 3.20. The molecule has 1 aliphatic carbocycles. The minimum absolute atomic E-state index is 0.944. The van der Waals surface area contributed by atoms with Gasteiger partial charge in [0, 0.05) is 11.1 Å². The zero-order chi connectivity index (χ0) is 14.1. The van der Waals surface area contributed by atoms with Gasteiger partial charge < -0.3 is 4.52 Å². The molecule has 1 aromatic carbocycles. The normalized spacial score (nSPS) is 16.4. The molecule has 0 atom stereocenters. The van der Waals surface area contributed by atoms with E-state index in [0.717, 1.165) is 24.3 Å². The molecule has 3 rings (SSSR count). The lowest BCUT2D eigenvalue weighted by atomic mass is 9.92. The van der Waals surface area contributed by atoms with Crippen molar-refractivity contribution in [2.75, 3.05) is 0 Å².